The van der Waals surface area contributed by atoms with E-state index in [2.05, 4.69) is 15.8 Å². The predicted octanol–water partition coefficient (Wildman–Crippen LogP) is 2.10. The minimum Gasteiger partial charge on any atom is -0.490 e. The van der Waals surface area contributed by atoms with Gasteiger partial charge in [-0.2, -0.15) is 0 Å². The molecule has 0 aliphatic carbocycles. The van der Waals surface area contributed by atoms with Crippen LogP contribution in [0, 0.1) is 5.92 Å². The zero-order chi connectivity index (χ0) is 21.5. The van der Waals surface area contributed by atoms with Gasteiger partial charge in [-0.1, -0.05) is 0 Å². The van der Waals surface area contributed by atoms with Crippen molar-refractivity contribution in [3.05, 3.63) is 35.9 Å². The molecule has 9 nitrogen and oxygen atoms in total. The number of carbonyl (C=O) groups excluding carboxylic acids is 2. The van der Waals surface area contributed by atoms with E-state index < -0.39 is 5.91 Å². The SMILES string of the molecule is CCOc1cc(C(=O)NNC(=O)[C@H]2CCn3cncc3C2)cc(OCC)c1OCC. The Bertz CT molecular complexity index is 868. The highest BCUT2D eigenvalue weighted by Crippen LogP contribution is 2.39. The number of nitrogens with zero attached hydrogens (tertiary/aromatic N) is 2. The minimum absolute atomic E-state index is 0.215. The van der Waals surface area contributed by atoms with Crippen molar-refractivity contribution in [2.45, 2.75) is 40.2 Å². The molecule has 1 atom stereocenters. The Balaban J connectivity index is 1.69. The fourth-order valence-corrected chi connectivity index (χ4v) is 3.41. The molecule has 9 heteroatoms. The van der Waals surface area contributed by atoms with Crippen LogP contribution in [0.15, 0.2) is 24.7 Å². The van der Waals surface area contributed by atoms with Gasteiger partial charge < -0.3 is 18.8 Å². The van der Waals surface area contributed by atoms with Gasteiger partial charge in [-0.25, -0.2) is 4.98 Å². The number of hydrogen-bond acceptors (Lipinski definition) is 6. The van der Waals surface area contributed by atoms with Crippen LogP contribution in [0.25, 0.3) is 0 Å². The summed E-state index contributed by atoms with van der Waals surface area (Å²) in [4.78, 5) is 29.3. The Labute approximate surface area is 175 Å². The molecule has 2 amide bonds. The summed E-state index contributed by atoms with van der Waals surface area (Å²) in [7, 11) is 0. The standard InChI is InChI=1S/C21H28N4O5/c1-4-28-17-10-15(11-18(29-5-2)19(17)30-6-3)21(27)24-23-20(26)14-7-8-25-13-22-12-16(25)9-14/h10-14H,4-9H2,1-3H3,(H,23,26)(H,24,27)/t14-/m0/s1. The molecule has 0 bridgehead atoms. The number of nitrogens with one attached hydrogen (secondary N) is 2. The van der Waals surface area contributed by atoms with Crippen molar-refractivity contribution >= 4 is 11.8 Å². The number of imidazole rings is 1. The Hall–Kier alpha value is -3.23. The number of benzene rings is 1. The smallest absolute Gasteiger partial charge is 0.269 e. The Morgan fingerprint density at radius 3 is 2.37 bits per heavy atom. The number of hydrazine groups is 1. The molecule has 30 heavy (non-hydrogen) atoms. The van der Waals surface area contributed by atoms with Crippen LogP contribution >= 0.6 is 0 Å². The molecule has 1 aliphatic heterocycles. The number of aromatic nitrogens is 2. The van der Waals surface area contributed by atoms with Crippen molar-refractivity contribution in [1.82, 2.24) is 20.4 Å². The van der Waals surface area contributed by atoms with Crippen LogP contribution in [0.4, 0.5) is 0 Å². The van der Waals surface area contributed by atoms with Crippen molar-refractivity contribution in [3.63, 3.8) is 0 Å². The number of carbonyl (C=O) groups is 2. The fraction of sp³-hybridized carbons (Fsp3) is 0.476. The van der Waals surface area contributed by atoms with Crippen LogP contribution in [0.2, 0.25) is 0 Å². The topological polar surface area (TPSA) is 104 Å². The molecular weight excluding hydrogens is 388 g/mol. The molecule has 0 spiro atoms. The summed E-state index contributed by atoms with van der Waals surface area (Å²) in [5.74, 6) is 0.393. The Morgan fingerprint density at radius 2 is 1.73 bits per heavy atom. The molecule has 2 heterocycles. The summed E-state index contributed by atoms with van der Waals surface area (Å²) >= 11 is 0. The van der Waals surface area contributed by atoms with Gasteiger partial charge in [-0.15, -0.1) is 0 Å². The van der Waals surface area contributed by atoms with Crippen molar-refractivity contribution in [3.8, 4) is 17.2 Å². The summed E-state index contributed by atoms with van der Waals surface area (Å²) in [6.45, 7) is 7.54. The molecule has 3 rings (SSSR count). The molecule has 2 aromatic rings. The number of hydrogen-bond donors (Lipinski definition) is 2. The van der Waals surface area contributed by atoms with Crippen LogP contribution in [0.5, 0.6) is 17.2 Å². The molecule has 0 unspecified atom stereocenters. The third-order valence-electron chi connectivity index (χ3n) is 4.81. The molecule has 0 fully saturated rings. The first kappa shape index (κ1) is 21.5. The lowest BCUT2D eigenvalue weighted by Gasteiger charge is -2.23. The van der Waals surface area contributed by atoms with Gasteiger partial charge in [0, 0.05) is 36.3 Å². The third kappa shape index (κ3) is 4.84. The average Bonchev–Trinajstić information content (AvgIpc) is 3.22. The lowest BCUT2D eigenvalue weighted by atomic mass is 9.96. The van der Waals surface area contributed by atoms with Crippen LogP contribution in [0.1, 0.15) is 43.2 Å². The number of aryl methyl sites for hydroxylation is 1. The number of ether oxygens (including phenoxy) is 3. The van der Waals surface area contributed by atoms with Gasteiger partial charge in [0.15, 0.2) is 11.5 Å². The molecule has 1 aromatic heterocycles. The Morgan fingerprint density at radius 1 is 1.07 bits per heavy atom. The molecule has 0 radical (unpaired) electrons. The molecule has 1 aromatic carbocycles. The molecule has 2 N–H and O–H groups in total. The van der Waals surface area contributed by atoms with Crippen molar-refractivity contribution in [2.24, 2.45) is 5.92 Å². The van der Waals surface area contributed by atoms with E-state index in [1.165, 1.54) is 0 Å². The maximum atomic E-state index is 12.7. The number of fused-ring (bicyclic) bond motifs is 1. The molecule has 0 saturated heterocycles. The van der Waals surface area contributed by atoms with E-state index in [1.54, 1.807) is 24.7 Å². The van der Waals surface area contributed by atoms with Gasteiger partial charge in [-0.3, -0.25) is 20.4 Å². The van der Waals surface area contributed by atoms with Crippen LogP contribution in [-0.4, -0.2) is 41.2 Å². The number of amides is 2. The van der Waals surface area contributed by atoms with E-state index in [4.69, 9.17) is 14.2 Å². The van der Waals surface area contributed by atoms with Crippen LogP contribution in [-0.2, 0) is 17.8 Å². The van der Waals surface area contributed by atoms with Gasteiger partial charge in [-0.05, 0) is 39.3 Å². The number of rotatable bonds is 8. The quantitative estimate of drug-likeness (QED) is 0.639. The summed E-state index contributed by atoms with van der Waals surface area (Å²) in [6, 6.07) is 3.16. The summed E-state index contributed by atoms with van der Waals surface area (Å²) in [6.07, 6.45) is 4.82. The van der Waals surface area contributed by atoms with Crippen molar-refractivity contribution < 1.29 is 23.8 Å². The van der Waals surface area contributed by atoms with Gasteiger partial charge in [0.05, 0.1) is 26.1 Å². The molecular formula is C21H28N4O5. The van der Waals surface area contributed by atoms with E-state index in [0.717, 1.165) is 12.2 Å². The zero-order valence-electron chi connectivity index (χ0n) is 17.6. The van der Waals surface area contributed by atoms with Crippen LogP contribution in [0.3, 0.4) is 0 Å². The minimum atomic E-state index is -0.464. The van der Waals surface area contributed by atoms with E-state index >= 15 is 0 Å². The van der Waals surface area contributed by atoms with Gasteiger partial charge in [0.1, 0.15) is 0 Å². The monoisotopic (exact) mass is 416 g/mol. The maximum absolute atomic E-state index is 12.7. The maximum Gasteiger partial charge on any atom is 0.269 e. The normalized spacial score (nSPS) is 15.1. The lowest BCUT2D eigenvalue weighted by molar-refractivity contribution is -0.126. The van der Waals surface area contributed by atoms with Crippen molar-refractivity contribution in [2.75, 3.05) is 19.8 Å². The second kappa shape index (κ2) is 10.00. The highest BCUT2D eigenvalue weighted by molar-refractivity contribution is 5.96. The highest BCUT2D eigenvalue weighted by atomic mass is 16.5. The highest BCUT2D eigenvalue weighted by Gasteiger charge is 2.25. The first-order valence-electron chi connectivity index (χ1n) is 10.2. The van der Waals surface area contributed by atoms with E-state index in [-0.39, 0.29) is 11.8 Å². The third-order valence-corrected chi connectivity index (χ3v) is 4.81. The van der Waals surface area contributed by atoms with Gasteiger partial charge >= 0.3 is 0 Å². The molecule has 162 valence electrons. The van der Waals surface area contributed by atoms with E-state index in [1.807, 2.05) is 25.3 Å². The summed E-state index contributed by atoms with van der Waals surface area (Å²) < 4.78 is 18.9. The van der Waals surface area contributed by atoms with E-state index in [0.29, 0.717) is 55.5 Å². The second-order valence-electron chi connectivity index (χ2n) is 6.81. The van der Waals surface area contributed by atoms with Gasteiger partial charge in [0.25, 0.3) is 5.91 Å². The molecule has 0 saturated carbocycles. The lowest BCUT2D eigenvalue weighted by Crippen LogP contribution is -2.46. The van der Waals surface area contributed by atoms with Crippen LogP contribution < -0.4 is 25.1 Å². The molecule has 1 aliphatic rings. The first-order valence-corrected chi connectivity index (χ1v) is 10.2. The summed E-state index contributed by atoms with van der Waals surface area (Å²) in [5, 5.41) is 0. The summed E-state index contributed by atoms with van der Waals surface area (Å²) in [5.41, 5.74) is 6.34. The zero-order valence-corrected chi connectivity index (χ0v) is 17.6. The largest absolute Gasteiger partial charge is 0.490 e. The van der Waals surface area contributed by atoms with Crippen molar-refractivity contribution in [1.29, 1.82) is 0 Å². The second-order valence-corrected chi connectivity index (χ2v) is 6.81. The van der Waals surface area contributed by atoms with E-state index in [9.17, 15) is 9.59 Å². The average molecular weight is 416 g/mol. The predicted molar refractivity (Wildman–Crippen MR) is 110 cm³/mol. The first-order chi connectivity index (χ1) is 14.6. The Kier molecular flexibility index (Phi) is 7.16. The van der Waals surface area contributed by atoms with Gasteiger partial charge in [0.2, 0.25) is 11.7 Å². The fourth-order valence-electron chi connectivity index (χ4n) is 3.41.